The highest BCUT2D eigenvalue weighted by Gasteiger charge is 2.09. The van der Waals surface area contributed by atoms with Gasteiger partial charge in [0.1, 0.15) is 6.04 Å². The van der Waals surface area contributed by atoms with Crippen LogP contribution in [0.4, 0.5) is 0 Å². The molecule has 0 bridgehead atoms. The van der Waals surface area contributed by atoms with Gasteiger partial charge < -0.3 is 0 Å². The lowest BCUT2D eigenvalue weighted by atomic mass is 10.1. The van der Waals surface area contributed by atoms with Gasteiger partial charge in [-0.3, -0.25) is 5.32 Å². The summed E-state index contributed by atoms with van der Waals surface area (Å²) in [6.45, 7) is 2.72. The first-order chi connectivity index (χ1) is 9.19. The number of benzene rings is 2. The summed E-state index contributed by atoms with van der Waals surface area (Å²) in [6.07, 6.45) is 0. The molecule has 0 aliphatic heterocycles. The number of hydrogen-bond donors (Lipinski definition) is 1. The van der Waals surface area contributed by atoms with Crippen molar-refractivity contribution in [3.63, 3.8) is 0 Å². The van der Waals surface area contributed by atoms with E-state index in [4.69, 9.17) is 11.6 Å². The molecule has 96 valence electrons. The van der Waals surface area contributed by atoms with E-state index in [2.05, 4.69) is 30.4 Å². The Balaban J connectivity index is 2.06. The molecular weight excluding hydrogens is 256 g/mol. The van der Waals surface area contributed by atoms with E-state index in [-0.39, 0.29) is 6.04 Å². The molecule has 2 rings (SSSR count). The van der Waals surface area contributed by atoms with E-state index >= 15 is 0 Å². The molecule has 19 heavy (non-hydrogen) atoms. The molecule has 1 atom stereocenters. The molecule has 2 aromatic carbocycles. The van der Waals surface area contributed by atoms with Crippen molar-refractivity contribution >= 4 is 11.6 Å². The van der Waals surface area contributed by atoms with Crippen molar-refractivity contribution in [2.45, 2.75) is 19.5 Å². The van der Waals surface area contributed by atoms with Crippen LogP contribution < -0.4 is 5.32 Å². The maximum atomic E-state index is 9.25. The van der Waals surface area contributed by atoms with Gasteiger partial charge in [0.05, 0.1) is 6.07 Å². The van der Waals surface area contributed by atoms with Crippen molar-refractivity contribution in [3.05, 3.63) is 70.2 Å². The molecule has 0 saturated carbocycles. The molecule has 0 aliphatic carbocycles. The van der Waals surface area contributed by atoms with E-state index in [0.717, 1.165) is 5.56 Å². The summed E-state index contributed by atoms with van der Waals surface area (Å²) < 4.78 is 0. The van der Waals surface area contributed by atoms with Crippen molar-refractivity contribution in [1.82, 2.24) is 5.32 Å². The van der Waals surface area contributed by atoms with Gasteiger partial charge >= 0.3 is 0 Å². The van der Waals surface area contributed by atoms with Gasteiger partial charge in [-0.1, -0.05) is 53.6 Å². The zero-order chi connectivity index (χ0) is 13.7. The maximum Gasteiger partial charge on any atom is 0.121 e. The molecule has 0 amide bonds. The molecule has 0 aromatic heterocycles. The molecule has 2 aromatic rings. The van der Waals surface area contributed by atoms with Gasteiger partial charge in [0.2, 0.25) is 0 Å². The lowest BCUT2D eigenvalue weighted by Crippen LogP contribution is -2.19. The van der Waals surface area contributed by atoms with Crippen LogP contribution in [0.2, 0.25) is 5.02 Å². The minimum Gasteiger partial charge on any atom is -0.294 e. The Labute approximate surface area is 118 Å². The first-order valence-electron chi connectivity index (χ1n) is 6.13. The highest BCUT2D eigenvalue weighted by molar-refractivity contribution is 6.30. The second kappa shape index (κ2) is 6.38. The molecule has 0 fully saturated rings. The quantitative estimate of drug-likeness (QED) is 0.911. The number of hydrogen-bond acceptors (Lipinski definition) is 2. The fourth-order valence-corrected chi connectivity index (χ4v) is 2.16. The van der Waals surface area contributed by atoms with Crippen LogP contribution in [-0.4, -0.2) is 0 Å². The zero-order valence-electron chi connectivity index (χ0n) is 10.7. The third-order valence-corrected chi connectivity index (χ3v) is 3.14. The van der Waals surface area contributed by atoms with Gasteiger partial charge in [-0.2, -0.15) is 5.26 Å². The second-order valence-corrected chi connectivity index (χ2v) is 4.92. The zero-order valence-corrected chi connectivity index (χ0v) is 11.5. The Kier molecular flexibility index (Phi) is 4.57. The fraction of sp³-hybridized carbons (Fsp3) is 0.188. The van der Waals surface area contributed by atoms with E-state index in [1.807, 2.05) is 30.3 Å². The number of rotatable bonds is 4. The van der Waals surface area contributed by atoms with Crippen LogP contribution in [0.1, 0.15) is 22.7 Å². The van der Waals surface area contributed by atoms with Crippen LogP contribution >= 0.6 is 11.6 Å². The molecule has 3 heteroatoms. The Hall–Kier alpha value is -1.82. The topological polar surface area (TPSA) is 35.8 Å². The monoisotopic (exact) mass is 270 g/mol. The SMILES string of the molecule is Cc1cccc(CNC(C#N)c2cccc(Cl)c2)c1. The summed E-state index contributed by atoms with van der Waals surface area (Å²) in [7, 11) is 0. The number of nitrogens with one attached hydrogen (secondary N) is 1. The van der Waals surface area contributed by atoms with Crippen LogP contribution in [0, 0.1) is 18.3 Å². The first kappa shape index (κ1) is 13.6. The van der Waals surface area contributed by atoms with E-state index < -0.39 is 0 Å². The molecule has 0 spiro atoms. The molecule has 1 unspecified atom stereocenters. The van der Waals surface area contributed by atoms with E-state index in [9.17, 15) is 5.26 Å². The lowest BCUT2D eigenvalue weighted by molar-refractivity contribution is 0.630. The summed E-state index contributed by atoms with van der Waals surface area (Å²) in [5.74, 6) is 0. The smallest absolute Gasteiger partial charge is 0.121 e. The fourth-order valence-electron chi connectivity index (χ4n) is 1.97. The Bertz CT molecular complexity index is 602. The predicted octanol–water partition coefficient (Wildman–Crippen LogP) is 4.00. The van der Waals surface area contributed by atoms with Gasteiger partial charge in [-0.05, 0) is 30.2 Å². The van der Waals surface area contributed by atoms with E-state index in [0.29, 0.717) is 11.6 Å². The van der Waals surface area contributed by atoms with Crippen LogP contribution in [0.3, 0.4) is 0 Å². The Morgan fingerprint density at radius 3 is 2.68 bits per heavy atom. The van der Waals surface area contributed by atoms with Gasteiger partial charge in [0, 0.05) is 11.6 Å². The highest BCUT2D eigenvalue weighted by atomic mass is 35.5. The van der Waals surface area contributed by atoms with Crippen LogP contribution in [0.15, 0.2) is 48.5 Å². The normalized spacial score (nSPS) is 11.8. The third kappa shape index (κ3) is 3.82. The third-order valence-electron chi connectivity index (χ3n) is 2.90. The average molecular weight is 271 g/mol. The first-order valence-corrected chi connectivity index (χ1v) is 6.51. The predicted molar refractivity (Wildman–Crippen MR) is 77.8 cm³/mol. The van der Waals surface area contributed by atoms with Crippen molar-refractivity contribution in [1.29, 1.82) is 5.26 Å². The Morgan fingerprint density at radius 1 is 1.21 bits per heavy atom. The minimum absolute atomic E-state index is 0.348. The average Bonchev–Trinajstić information content (AvgIpc) is 2.40. The van der Waals surface area contributed by atoms with E-state index in [1.165, 1.54) is 11.1 Å². The summed E-state index contributed by atoms with van der Waals surface area (Å²) in [5.41, 5.74) is 3.28. The Morgan fingerprint density at radius 2 is 2.00 bits per heavy atom. The molecule has 0 saturated heterocycles. The number of nitriles is 1. The molecular formula is C16H15ClN2. The maximum absolute atomic E-state index is 9.25. The number of nitrogens with zero attached hydrogens (tertiary/aromatic N) is 1. The summed E-state index contributed by atoms with van der Waals surface area (Å²) >= 11 is 5.95. The van der Waals surface area contributed by atoms with Crippen molar-refractivity contribution in [2.75, 3.05) is 0 Å². The highest BCUT2D eigenvalue weighted by Crippen LogP contribution is 2.18. The van der Waals surface area contributed by atoms with Crippen LogP contribution in [0.5, 0.6) is 0 Å². The van der Waals surface area contributed by atoms with Gasteiger partial charge in [0.15, 0.2) is 0 Å². The van der Waals surface area contributed by atoms with Gasteiger partial charge in [-0.25, -0.2) is 0 Å². The molecule has 0 aliphatic rings. The minimum atomic E-state index is -0.348. The summed E-state index contributed by atoms with van der Waals surface area (Å²) in [5, 5.41) is 13.1. The van der Waals surface area contributed by atoms with Gasteiger partial charge in [0.25, 0.3) is 0 Å². The molecule has 2 nitrogen and oxygen atoms in total. The number of aryl methyl sites for hydroxylation is 1. The number of halogens is 1. The summed E-state index contributed by atoms with van der Waals surface area (Å²) in [4.78, 5) is 0. The summed E-state index contributed by atoms with van der Waals surface area (Å²) in [6, 6.07) is 17.5. The standard InChI is InChI=1S/C16H15ClN2/c1-12-4-2-5-13(8-12)11-19-16(10-18)14-6-3-7-15(17)9-14/h2-9,16,19H,11H2,1H3. The lowest BCUT2D eigenvalue weighted by Gasteiger charge is -2.12. The van der Waals surface area contributed by atoms with Crippen molar-refractivity contribution < 1.29 is 0 Å². The molecule has 0 radical (unpaired) electrons. The van der Waals surface area contributed by atoms with Crippen molar-refractivity contribution in [3.8, 4) is 6.07 Å². The van der Waals surface area contributed by atoms with Crippen LogP contribution in [0.25, 0.3) is 0 Å². The van der Waals surface area contributed by atoms with Gasteiger partial charge in [-0.15, -0.1) is 0 Å². The molecule has 0 heterocycles. The van der Waals surface area contributed by atoms with Crippen LogP contribution in [-0.2, 0) is 6.54 Å². The van der Waals surface area contributed by atoms with Crippen molar-refractivity contribution in [2.24, 2.45) is 0 Å². The second-order valence-electron chi connectivity index (χ2n) is 4.49. The van der Waals surface area contributed by atoms with E-state index in [1.54, 1.807) is 6.07 Å². The largest absolute Gasteiger partial charge is 0.294 e. The molecule has 1 N–H and O–H groups in total.